The molecule has 2 N–H and O–H groups in total. The molecule has 4 aromatic rings. The van der Waals surface area contributed by atoms with Gasteiger partial charge in [-0.3, -0.25) is 9.67 Å². The minimum absolute atomic E-state index is 0.0906. The van der Waals surface area contributed by atoms with E-state index in [1.54, 1.807) is 19.1 Å². The van der Waals surface area contributed by atoms with Gasteiger partial charge >= 0.3 is 6.18 Å². The largest absolute Gasteiger partial charge is 0.395 e. The Kier molecular flexibility index (Phi) is 8.38. The van der Waals surface area contributed by atoms with Crippen LogP contribution in [0.2, 0.25) is 5.02 Å². The van der Waals surface area contributed by atoms with Gasteiger partial charge in [-0.1, -0.05) is 43.7 Å². The maximum absolute atomic E-state index is 13.9. The van der Waals surface area contributed by atoms with E-state index in [-0.39, 0.29) is 11.1 Å². The predicted octanol–water partition coefficient (Wildman–Crippen LogP) is 7.44. The summed E-state index contributed by atoms with van der Waals surface area (Å²) in [6.45, 7) is 10.1. The van der Waals surface area contributed by atoms with E-state index in [1.807, 2.05) is 0 Å². The molecule has 3 aromatic heterocycles. The van der Waals surface area contributed by atoms with Crippen LogP contribution in [0.1, 0.15) is 63.2 Å². The van der Waals surface area contributed by atoms with Crippen LogP contribution >= 0.6 is 11.6 Å². The number of halogens is 5. The molecule has 42 heavy (non-hydrogen) atoms. The van der Waals surface area contributed by atoms with E-state index in [0.29, 0.717) is 50.7 Å². The molecule has 0 spiro atoms. The first-order valence-electron chi connectivity index (χ1n) is 13.1. The van der Waals surface area contributed by atoms with Crippen LogP contribution < -0.4 is 10.6 Å². The summed E-state index contributed by atoms with van der Waals surface area (Å²) < 4.78 is 55.7. The Balaban J connectivity index is 1.81. The summed E-state index contributed by atoms with van der Waals surface area (Å²) in [5, 5.41) is 25.5. The summed E-state index contributed by atoms with van der Waals surface area (Å²) >= 11 is 6.65. The maximum atomic E-state index is 13.9. The van der Waals surface area contributed by atoms with E-state index in [1.165, 1.54) is 24.5 Å². The lowest BCUT2D eigenvalue weighted by molar-refractivity contribution is -0.216. The number of nitriles is 1. The second kappa shape index (κ2) is 11.4. The summed E-state index contributed by atoms with van der Waals surface area (Å²) in [6.07, 6.45) is -1.57. The van der Waals surface area contributed by atoms with Crippen molar-refractivity contribution >= 4 is 33.9 Å². The van der Waals surface area contributed by atoms with E-state index >= 15 is 0 Å². The third-order valence-electron chi connectivity index (χ3n) is 6.73. The predicted molar refractivity (Wildman–Crippen MR) is 154 cm³/mol. The van der Waals surface area contributed by atoms with Crippen LogP contribution in [-0.4, -0.2) is 37.7 Å². The summed E-state index contributed by atoms with van der Waals surface area (Å²) in [5.41, 5.74) is 0.918. The number of anilines is 2. The van der Waals surface area contributed by atoms with Crippen molar-refractivity contribution in [2.45, 2.75) is 60.3 Å². The molecule has 0 amide bonds. The maximum Gasteiger partial charge on any atom is 0.395 e. The van der Waals surface area contributed by atoms with Gasteiger partial charge in [0.15, 0.2) is 0 Å². The van der Waals surface area contributed by atoms with Crippen molar-refractivity contribution in [1.29, 1.82) is 5.26 Å². The Labute approximate surface area is 246 Å². The zero-order chi connectivity index (χ0) is 31.0. The number of fused-ring (bicyclic) bond motifs is 1. The third kappa shape index (κ3) is 6.73. The Bertz CT molecular complexity index is 1650. The fraction of sp³-hybridized carbons (Fsp3) is 0.414. The molecule has 8 nitrogen and oxygen atoms in total. The number of hydrogen-bond acceptors (Lipinski definition) is 7. The lowest BCUT2D eigenvalue weighted by Crippen LogP contribution is -2.36. The monoisotopic (exact) mass is 602 g/mol. The van der Waals surface area contributed by atoms with Crippen LogP contribution in [0.3, 0.4) is 0 Å². The highest BCUT2D eigenvalue weighted by Crippen LogP contribution is 2.39. The molecule has 0 aliphatic heterocycles. The Morgan fingerprint density at radius 3 is 2.45 bits per heavy atom. The van der Waals surface area contributed by atoms with E-state index in [0.717, 1.165) is 18.5 Å². The van der Waals surface area contributed by atoms with Gasteiger partial charge in [0.1, 0.15) is 11.8 Å². The van der Waals surface area contributed by atoms with Gasteiger partial charge in [-0.2, -0.15) is 22.8 Å². The van der Waals surface area contributed by atoms with Gasteiger partial charge in [0.25, 0.3) is 0 Å². The minimum Gasteiger partial charge on any atom is -0.383 e. The topological polar surface area (TPSA) is 104 Å². The number of alkyl halides is 3. The molecule has 0 aliphatic rings. The number of nitrogens with zero attached hydrogens (tertiary/aromatic N) is 6. The quantitative estimate of drug-likeness (QED) is 0.159. The number of benzene rings is 1. The first-order chi connectivity index (χ1) is 19.5. The molecule has 1 aromatic carbocycles. The zero-order valence-corrected chi connectivity index (χ0v) is 24.8. The van der Waals surface area contributed by atoms with Gasteiger partial charge in [0, 0.05) is 35.1 Å². The number of hydrogen-bond donors (Lipinski definition) is 2. The van der Waals surface area contributed by atoms with Crippen molar-refractivity contribution in [1.82, 2.24) is 25.0 Å². The minimum atomic E-state index is -4.45. The lowest BCUT2D eigenvalue weighted by Gasteiger charge is -2.27. The Morgan fingerprint density at radius 2 is 1.83 bits per heavy atom. The number of aryl methyl sites for hydroxylation is 1. The highest BCUT2D eigenvalue weighted by Gasteiger charge is 2.47. The molecule has 3 heterocycles. The van der Waals surface area contributed by atoms with Crippen molar-refractivity contribution < 1.29 is 17.6 Å². The fourth-order valence-corrected chi connectivity index (χ4v) is 4.58. The van der Waals surface area contributed by atoms with Gasteiger partial charge in [0.05, 0.1) is 46.0 Å². The average molecular weight is 603 g/mol. The molecule has 0 saturated heterocycles. The van der Waals surface area contributed by atoms with Crippen molar-refractivity contribution in [3.05, 3.63) is 70.1 Å². The van der Waals surface area contributed by atoms with Crippen LogP contribution in [0.15, 0.2) is 36.7 Å². The summed E-state index contributed by atoms with van der Waals surface area (Å²) in [6, 6.07) is 7.53. The second-order valence-corrected chi connectivity index (χ2v) is 12.4. The molecule has 222 valence electrons. The lowest BCUT2D eigenvalue weighted by atomic mass is 9.93. The number of rotatable bonds is 8. The SMILES string of the molecule is Cc1nc(F)ccc1[C@H](Nc1cc(Cl)c2ncc(C#N)c(NCC(C)(C)C)c2c1)c1cn(CC(C)(C)C(F)(F)F)nn1. The molecule has 0 bridgehead atoms. The van der Waals surface area contributed by atoms with Gasteiger partial charge in [0.2, 0.25) is 5.95 Å². The average Bonchev–Trinajstić information content (AvgIpc) is 3.32. The van der Waals surface area contributed by atoms with Crippen LogP contribution in [0.25, 0.3) is 10.9 Å². The van der Waals surface area contributed by atoms with Crippen molar-refractivity contribution in [3.8, 4) is 6.07 Å². The fourth-order valence-electron chi connectivity index (χ4n) is 4.31. The van der Waals surface area contributed by atoms with Crippen molar-refractivity contribution in [3.63, 3.8) is 0 Å². The van der Waals surface area contributed by atoms with Gasteiger partial charge in [-0.25, -0.2) is 4.98 Å². The van der Waals surface area contributed by atoms with Crippen LogP contribution in [-0.2, 0) is 6.54 Å². The molecule has 13 heteroatoms. The number of pyridine rings is 2. The highest BCUT2D eigenvalue weighted by atomic mass is 35.5. The first kappa shape index (κ1) is 31.0. The molecule has 4 rings (SSSR count). The summed E-state index contributed by atoms with van der Waals surface area (Å²) in [4.78, 5) is 8.30. The van der Waals surface area contributed by atoms with E-state index in [9.17, 15) is 22.8 Å². The van der Waals surface area contributed by atoms with Crippen LogP contribution in [0.4, 0.5) is 28.9 Å². The molecule has 0 aliphatic carbocycles. The molecule has 1 atom stereocenters. The van der Waals surface area contributed by atoms with E-state index in [4.69, 9.17) is 11.6 Å². The second-order valence-electron chi connectivity index (χ2n) is 12.0. The van der Waals surface area contributed by atoms with Gasteiger partial charge in [-0.15, -0.1) is 5.10 Å². The van der Waals surface area contributed by atoms with Crippen molar-refractivity contribution in [2.75, 3.05) is 17.2 Å². The molecule has 0 saturated carbocycles. The number of aromatic nitrogens is 5. The van der Waals surface area contributed by atoms with E-state index < -0.39 is 30.1 Å². The molecule has 0 unspecified atom stereocenters. The van der Waals surface area contributed by atoms with Gasteiger partial charge in [-0.05, 0) is 44.4 Å². The number of nitrogens with one attached hydrogen (secondary N) is 2. The third-order valence-corrected chi connectivity index (χ3v) is 7.02. The zero-order valence-electron chi connectivity index (χ0n) is 24.0. The summed E-state index contributed by atoms with van der Waals surface area (Å²) in [7, 11) is 0. The standard InChI is InChI=1S/C29H31ClF4N8/c1-16-19(7-8-23(31)38-16)26(22-13-42(41-40-22)15-28(5,6)29(32,33)34)39-18-9-20-24(37-14-27(2,3)4)17(11-35)12-36-25(20)21(30)10-18/h7-10,12-13,26,39H,14-15H2,1-6H3,(H,36,37)/t26-/m0/s1. The van der Waals surface area contributed by atoms with Gasteiger partial charge < -0.3 is 10.6 Å². The Morgan fingerprint density at radius 1 is 1.12 bits per heavy atom. The first-order valence-corrected chi connectivity index (χ1v) is 13.5. The molecular weight excluding hydrogens is 572 g/mol. The Hall–Kier alpha value is -3.98. The highest BCUT2D eigenvalue weighted by molar-refractivity contribution is 6.35. The van der Waals surface area contributed by atoms with Crippen LogP contribution in [0, 0.1) is 35.0 Å². The molecule has 0 radical (unpaired) electrons. The normalized spacial score (nSPS) is 13.2. The smallest absolute Gasteiger partial charge is 0.383 e. The van der Waals surface area contributed by atoms with E-state index in [2.05, 4.69) is 57.8 Å². The summed E-state index contributed by atoms with van der Waals surface area (Å²) in [5.74, 6) is -0.677. The van der Waals surface area contributed by atoms with Crippen molar-refractivity contribution in [2.24, 2.45) is 10.8 Å². The molecular formula is C29H31ClF4N8. The van der Waals surface area contributed by atoms with Crippen LogP contribution in [0.5, 0.6) is 0 Å². The molecule has 0 fully saturated rings.